The molecule has 0 unspecified atom stereocenters. The van der Waals surface area contributed by atoms with Gasteiger partial charge in [-0.05, 0) is 31.2 Å². The topological polar surface area (TPSA) is 143 Å². The Balaban J connectivity index is 1.43. The van der Waals surface area contributed by atoms with Crippen molar-refractivity contribution in [1.82, 2.24) is 4.98 Å². The third-order valence-corrected chi connectivity index (χ3v) is 5.85. The Labute approximate surface area is 204 Å². The number of carboxylic acid groups (broad SMARTS) is 1. The number of hydrogen-bond donors (Lipinski definition) is 2. The number of anilines is 1. The summed E-state index contributed by atoms with van der Waals surface area (Å²) in [7, 11) is 0. The number of ether oxygens (including phenoxy) is 2. The summed E-state index contributed by atoms with van der Waals surface area (Å²) in [5, 5.41) is 26.0. The van der Waals surface area contributed by atoms with E-state index in [1.54, 1.807) is 49.4 Å². The largest absolute Gasteiger partial charge is 0.486 e. The lowest BCUT2D eigenvalue weighted by Gasteiger charge is -2.18. The van der Waals surface area contributed by atoms with E-state index in [9.17, 15) is 14.9 Å². The zero-order chi connectivity index (χ0) is 24.8. The third kappa shape index (κ3) is 5.99. The quantitative estimate of drug-likeness (QED) is 0.274. The van der Waals surface area contributed by atoms with Gasteiger partial charge >= 0.3 is 5.97 Å². The molecule has 10 nitrogen and oxygen atoms in total. The highest BCUT2D eigenvalue weighted by molar-refractivity contribution is 8.00. The van der Waals surface area contributed by atoms with Crippen LogP contribution in [0, 0.1) is 11.3 Å². The highest BCUT2D eigenvalue weighted by Gasteiger charge is 2.16. The molecular weight excluding hydrogens is 472 g/mol. The molecule has 1 aliphatic rings. The predicted octanol–water partition coefficient (Wildman–Crippen LogP) is 3.43. The van der Waals surface area contributed by atoms with E-state index in [0.29, 0.717) is 57.8 Å². The van der Waals surface area contributed by atoms with E-state index in [4.69, 9.17) is 19.4 Å². The number of nitrogens with zero attached hydrogens (tertiary/aromatic N) is 3. The van der Waals surface area contributed by atoms with Gasteiger partial charge in [0.1, 0.15) is 24.3 Å². The van der Waals surface area contributed by atoms with Crippen molar-refractivity contribution in [2.45, 2.75) is 11.9 Å². The van der Waals surface area contributed by atoms with Crippen molar-refractivity contribution in [2.24, 2.45) is 5.16 Å². The molecule has 0 atom stereocenters. The number of hydrogen-bond acceptors (Lipinski definition) is 9. The van der Waals surface area contributed by atoms with E-state index in [0.717, 1.165) is 17.1 Å². The van der Waals surface area contributed by atoms with Crippen LogP contribution in [0.3, 0.4) is 0 Å². The number of benzene rings is 2. The summed E-state index contributed by atoms with van der Waals surface area (Å²) in [5.41, 5.74) is 2.67. The van der Waals surface area contributed by atoms with Crippen LogP contribution >= 0.6 is 11.8 Å². The number of carbonyl (C=O) groups excluding carboxylic acids is 1. The molecule has 2 N–H and O–H groups in total. The van der Waals surface area contributed by atoms with Gasteiger partial charge in [0, 0.05) is 22.7 Å². The monoisotopic (exact) mass is 492 g/mol. The number of fused-ring (bicyclic) bond motifs is 2. The van der Waals surface area contributed by atoms with Crippen LogP contribution in [-0.4, -0.2) is 53.3 Å². The summed E-state index contributed by atoms with van der Waals surface area (Å²) in [6.45, 7) is 2.05. The molecule has 1 aromatic heterocycles. The number of carboxylic acids is 1. The summed E-state index contributed by atoms with van der Waals surface area (Å²) in [6, 6.07) is 14.3. The zero-order valence-electron chi connectivity index (χ0n) is 18.6. The number of amides is 1. The van der Waals surface area contributed by atoms with Gasteiger partial charge in [-0.1, -0.05) is 29.1 Å². The maximum atomic E-state index is 12.6. The second kappa shape index (κ2) is 10.8. The zero-order valence-corrected chi connectivity index (χ0v) is 19.4. The first-order valence-corrected chi connectivity index (χ1v) is 11.5. The molecule has 2 heterocycles. The molecule has 0 bridgehead atoms. The molecule has 35 heavy (non-hydrogen) atoms. The van der Waals surface area contributed by atoms with Crippen molar-refractivity contribution in [1.29, 1.82) is 5.26 Å². The second-order valence-corrected chi connectivity index (χ2v) is 8.37. The fourth-order valence-electron chi connectivity index (χ4n) is 3.27. The van der Waals surface area contributed by atoms with Gasteiger partial charge in [-0.25, -0.2) is 9.78 Å². The first-order chi connectivity index (χ1) is 16.9. The van der Waals surface area contributed by atoms with Gasteiger partial charge in [0.25, 0.3) is 0 Å². The van der Waals surface area contributed by atoms with Gasteiger partial charge in [0.05, 0.1) is 22.5 Å². The molecule has 178 valence electrons. The van der Waals surface area contributed by atoms with Gasteiger partial charge in [-0.15, -0.1) is 0 Å². The Morgan fingerprint density at radius 2 is 2.00 bits per heavy atom. The SMILES string of the molecule is C/C(=N/OCC(=O)O)c1cccc(NC(=O)CSc2nc3cc4c(cc3cc2C#N)OCCO4)c1. The number of oxime groups is 1. The summed E-state index contributed by atoms with van der Waals surface area (Å²) in [6.07, 6.45) is 0. The average Bonchev–Trinajstić information content (AvgIpc) is 2.85. The summed E-state index contributed by atoms with van der Waals surface area (Å²) >= 11 is 1.16. The first-order valence-electron chi connectivity index (χ1n) is 10.5. The standard InChI is InChI=1S/C24H20N4O6S/c1-14(28-34-12-23(30)31)15-3-2-4-18(8-15)26-22(29)13-35-24-17(11-25)7-16-9-20-21(10-19(16)27-24)33-6-5-32-20/h2-4,7-10H,5-6,12-13H2,1H3,(H,26,29)(H,30,31)/b28-14-. The fourth-order valence-corrected chi connectivity index (χ4v) is 4.04. The highest BCUT2D eigenvalue weighted by Crippen LogP contribution is 2.35. The summed E-state index contributed by atoms with van der Waals surface area (Å²) in [5.74, 6) is -0.150. The van der Waals surface area contributed by atoms with Crippen LogP contribution in [0.15, 0.2) is 52.6 Å². The lowest BCUT2D eigenvalue weighted by Crippen LogP contribution is -2.15. The first kappa shape index (κ1) is 23.8. The molecule has 4 rings (SSSR count). The van der Waals surface area contributed by atoms with Crippen molar-refractivity contribution in [3.8, 4) is 17.6 Å². The van der Waals surface area contributed by atoms with Gasteiger partial charge in [-0.3, -0.25) is 4.79 Å². The van der Waals surface area contributed by atoms with Gasteiger partial charge in [-0.2, -0.15) is 5.26 Å². The molecule has 1 aliphatic heterocycles. The third-order valence-electron chi connectivity index (χ3n) is 4.86. The molecule has 3 aromatic rings. The Morgan fingerprint density at radius 3 is 2.74 bits per heavy atom. The molecule has 0 radical (unpaired) electrons. The van der Waals surface area contributed by atoms with Crippen LogP contribution in [0.5, 0.6) is 11.5 Å². The van der Waals surface area contributed by atoms with Crippen LogP contribution in [0.25, 0.3) is 10.9 Å². The number of nitrogens with one attached hydrogen (secondary N) is 1. The van der Waals surface area contributed by atoms with Gasteiger partial charge in [0.15, 0.2) is 11.5 Å². The lowest BCUT2D eigenvalue weighted by atomic mass is 10.1. The Morgan fingerprint density at radius 1 is 1.23 bits per heavy atom. The summed E-state index contributed by atoms with van der Waals surface area (Å²) < 4.78 is 11.2. The Hall–Kier alpha value is -4.30. The number of aromatic nitrogens is 1. The van der Waals surface area contributed by atoms with Crippen molar-refractivity contribution in [2.75, 3.05) is 30.9 Å². The predicted molar refractivity (Wildman–Crippen MR) is 129 cm³/mol. The molecule has 0 saturated carbocycles. The van der Waals surface area contributed by atoms with E-state index >= 15 is 0 Å². The maximum Gasteiger partial charge on any atom is 0.344 e. The maximum absolute atomic E-state index is 12.6. The number of nitriles is 1. The molecule has 1 amide bonds. The molecule has 0 aliphatic carbocycles. The smallest absolute Gasteiger partial charge is 0.344 e. The van der Waals surface area contributed by atoms with Crippen molar-refractivity contribution in [3.05, 3.63) is 53.6 Å². The van der Waals surface area contributed by atoms with Crippen LogP contribution < -0.4 is 14.8 Å². The fraction of sp³-hybridized carbons (Fsp3) is 0.208. The highest BCUT2D eigenvalue weighted by atomic mass is 32.2. The number of aliphatic carboxylic acids is 1. The van der Waals surface area contributed by atoms with E-state index in [1.165, 1.54) is 0 Å². The van der Waals surface area contributed by atoms with Crippen molar-refractivity contribution >= 4 is 45.9 Å². The second-order valence-electron chi connectivity index (χ2n) is 7.40. The Bertz CT molecular complexity index is 1370. The van der Waals surface area contributed by atoms with Crippen LogP contribution in [0.2, 0.25) is 0 Å². The van der Waals surface area contributed by atoms with E-state index in [-0.39, 0.29) is 11.7 Å². The average molecular weight is 493 g/mol. The molecule has 0 saturated heterocycles. The molecule has 0 spiro atoms. The number of rotatable bonds is 8. The van der Waals surface area contributed by atoms with Crippen LogP contribution in [-0.2, 0) is 14.4 Å². The van der Waals surface area contributed by atoms with Crippen molar-refractivity contribution in [3.63, 3.8) is 0 Å². The minimum absolute atomic E-state index is 0.0385. The lowest BCUT2D eigenvalue weighted by molar-refractivity contribution is -0.142. The number of pyridine rings is 1. The van der Waals surface area contributed by atoms with Gasteiger partial charge < -0.3 is 24.7 Å². The van der Waals surface area contributed by atoms with E-state index < -0.39 is 12.6 Å². The molecule has 0 fully saturated rings. The molecule has 11 heteroatoms. The summed E-state index contributed by atoms with van der Waals surface area (Å²) in [4.78, 5) is 32.4. The van der Waals surface area contributed by atoms with Crippen LogP contribution in [0.1, 0.15) is 18.1 Å². The molecule has 2 aromatic carbocycles. The normalized spacial score (nSPS) is 12.6. The Kier molecular flexibility index (Phi) is 7.32. The minimum Gasteiger partial charge on any atom is -0.486 e. The minimum atomic E-state index is -1.12. The van der Waals surface area contributed by atoms with Crippen molar-refractivity contribution < 1.29 is 29.0 Å². The van der Waals surface area contributed by atoms with E-state index in [2.05, 4.69) is 21.5 Å². The van der Waals surface area contributed by atoms with Crippen LogP contribution in [0.4, 0.5) is 5.69 Å². The van der Waals surface area contributed by atoms with E-state index in [1.807, 2.05) is 0 Å². The number of thioether (sulfide) groups is 1. The molecular formula is C24H20N4O6S. The van der Waals surface area contributed by atoms with Gasteiger partial charge in [0.2, 0.25) is 12.5 Å². The number of carbonyl (C=O) groups is 2.